The van der Waals surface area contributed by atoms with Gasteiger partial charge in [-0.05, 0) is 25.8 Å². The van der Waals surface area contributed by atoms with Crippen molar-refractivity contribution in [3.63, 3.8) is 0 Å². The van der Waals surface area contributed by atoms with Crippen LogP contribution >= 0.6 is 0 Å². The number of carbonyl (C=O) groups excluding carboxylic acids is 1. The Hall–Kier alpha value is -1.56. The normalized spacial score (nSPS) is 18.1. The van der Waals surface area contributed by atoms with Gasteiger partial charge < -0.3 is 4.57 Å². The fourth-order valence-corrected chi connectivity index (χ4v) is 2.34. The van der Waals surface area contributed by atoms with Crippen molar-refractivity contribution in [3.8, 4) is 6.07 Å². The number of hydrogen-bond acceptors (Lipinski definition) is 2. The van der Waals surface area contributed by atoms with E-state index in [0.717, 1.165) is 24.2 Å². The van der Waals surface area contributed by atoms with Crippen LogP contribution in [0.15, 0.2) is 0 Å². The monoisotopic (exact) mass is 216 g/mol. The second-order valence-electron chi connectivity index (χ2n) is 5.16. The molecule has 0 N–H and O–H groups in total. The molecule has 0 aliphatic carbocycles. The van der Waals surface area contributed by atoms with E-state index >= 15 is 0 Å². The molecule has 3 heteroatoms. The largest absolute Gasteiger partial charge is 0.341 e. The average molecular weight is 216 g/mol. The summed E-state index contributed by atoms with van der Waals surface area (Å²) in [5.74, 6) is 0.103. The number of carbonyl (C=O) groups is 1. The average Bonchev–Trinajstić information content (AvgIpc) is 2.47. The first-order valence-corrected chi connectivity index (χ1v) is 5.54. The first-order valence-electron chi connectivity index (χ1n) is 5.54. The molecule has 84 valence electrons. The molecule has 1 aliphatic heterocycles. The number of ketones is 1. The van der Waals surface area contributed by atoms with Gasteiger partial charge in [0.25, 0.3) is 0 Å². The summed E-state index contributed by atoms with van der Waals surface area (Å²) in [5, 5.41) is 9.16. The van der Waals surface area contributed by atoms with Crippen LogP contribution in [-0.4, -0.2) is 10.4 Å². The summed E-state index contributed by atoms with van der Waals surface area (Å²) in [7, 11) is 0. The van der Waals surface area contributed by atoms with Gasteiger partial charge in [0.05, 0.1) is 5.56 Å². The van der Waals surface area contributed by atoms with Crippen LogP contribution in [0.5, 0.6) is 0 Å². The first kappa shape index (κ1) is 10.9. The highest BCUT2D eigenvalue weighted by atomic mass is 16.1. The Labute approximate surface area is 95.7 Å². The van der Waals surface area contributed by atoms with Crippen molar-refractivity contribution in [2.45, 2.75) is 40.7 Å². The zero-order valence-electron chi connectivity index (χ0n) is 10.2. The minimum absolute atomic E-state index is 0.103. The highest BCUT2D eigenvalue weighted by Gasteiger charge is 2.38. The number of aromatic nitrogens is 1. The minimum atomic E-state index is -0.334. The molecule has 0 saturated carbocycles. The Morgan fingerprint density at radius 2 is 2.00 bits per heavy atom. The standard InChI is InChI=1S/C13H16N2O/c1-8-9(2)15-6-5-13(3,4)12(16)11(15)10(8)7-14/h5-6H2,1-4H3. The van der Waals surface area contributed by atoms with E-state index in [1.165, 1.54) is 0 Å². The third-order valence-corrected chi connectivity index (χ3v) is 3.73. The maximum atomic E-state index is 12.3. The van der Waals surface area contributed by atoms with E-state index in [9.17, 15) is 4.79 Å². The fourth-order valence-electron chi connectivity index (χ4n) is 2.34. The lowest BCUT2D eigenvalue weighted by Crippen LogP contribution is -2.34. The molecule has 0 aromatic carbocycles. The first-order chi connectivity index (χ1) is 7.40. The molecule has 0 bridgehead atoms. The van der Waals surface area contributed by atoms with E-state index in [1.54, 1.807) is 0 Å². The van der Waals surface area contributed by atoms with Gasteiger partial charge in [-0.1, -0.05) is 13.8 Å². The molecule has 1 aromatic heterocycles. The van der Waals surface area contributed by atoms with Crippen molar-refractivity contribution in [2.24, 2.45) is 5.41 Å². The molecule has 16 heavy (non-hydrogen) atoms. The molecule has 3 nitrogen and oxygen atoms in total. The third kappa shape index (κ3) is 1.23. The van der Waals surface area contributed by atoms with Crippen molar-refractivity contribution in [1.82, 2.24) is 4.57 Å². The maximum absolute atomic E-state index is 12.3. The van der Waals surface area contributed by atoms with Gasteiger partial charge in [-0.2, -0.15) is 5.26 Å². The highest BCUT2D eigenvalue weighted by Crippen LogP contribution is 2.36. The summed E-state index contributed by atoms with van der Waals surface area (Å²) in [4.78, 5) is 12.3. The van der Waals surface area contributed by atoms with Crippen molar-refractivity contribution in [3.05, 3.63) is 22.5 Å². The van der Waals surface area contributed by atoms with Crippen molar-refractivity contribution < 1.29 is 4.79 Å². The number of fused-ring (bicyclic) bond motifs is 1. The van der Waals surface area contributed by atoms with Crippen molar-refractivity contribution in [2.75, 3.05) is 0 Å². The van der Waals surface area contributed by atoms with E-state index in [1.807, 2.05) is 32.3 Å². The van der Waals surface area contributed by atoms with Gasteiger partial charge in [0, 0.05) is 17.7 Å². The number of hydrogen-bond donors (Lipinski definition) is 0. The summed E-state index contributed by atoms with van der Waals surface area (Å²) in [6, 6.07) is 2.17. The van der Waals surface area contributed by atoms with E-state index in [-0.39, 0.29) is 11.2 Å². The summed E-state index contributed by atoms with van der Waals surface area (Å²) >= 11 is 0. The zero-order chi connectivity index (χ0) is 12.1. The lowest BCUT2D eigenvalue weighted by atomic mass is 9.80. The topological polar surface area (TPSA) is 45.8 Å². The molecule has 0 fully saturated rings. The molecule has 1 aliphatic rings. The maximum Gasteiger partial charge on any atom is 0.186 e. The summed E-state index contributed by atoms with van der Waals surface area (Å²) in [5.41, 5.74) is 2.85. The molecule has 0 amide bonds. The Bertz CT molecular complexity index is 515. The van der Waals surface area contributed by atoms with Crippen LogP contribution in [0.3, 0.4) is 0 Å². The fraction of sp³-hybridized carbons (Fsp3) is 0.538. The van der Waals surface area contributed by atoms with E-state index in [2.05, 4.69) is 6.07 Å². The molecule has 0 spiro atoms. The Morgan fingerprint density at radius 1 is 1.38 bits per heavy atom. The van der Waals surface area contributed by atoms with Crippen LogP contribution in [0.25, 0.3) is 0 Å². The van der Waals surface area contributed by atoms with Crippen LogP contribution in [-0.2, 0) is 6.54 Å². The van der Waals surface area contributed by atoms with Crippen LogP contribution in [0.1, 0.15) is 47.6 Å². The second-order valence-corrected chi connectivity index (χ2v) is 5.16. The number of Topliss-reactive ketones (excluding diaryl/α,β-unsaturated/α-hetero) is 1. The molecule has 1 aromatic rings. The molecule has 0 saturated heterocycles. The van der Waals surface area contributed by atoms with E-state index in [4.69, 9.17) is 5.26 Å². The Morgan fingerprint density at radius 3 is 2.56 bits per heavy atom. The summed E-state index contributed by atoms with van der Waals surface area (Å²) < 4.78 is 2.00. The smallest absolute Gasteiger partial charge is 0.186 e. The zero-order valence-corrected chi connectivity index (χ0v) is 10.2. The lowest BCUT2D eigenvalue weighted by molar-refractivity contribution is 0.0777. The van der Waals surface area contributed by atoms with Gasteiger partial charge >= 0.3 is 0 Å². The molecular weight excluding hydrogens is 200 g/mol. The lowest BCUT2D eigenvalue weighted by Gasteiger charge is -2.30. The molecular formula is C13H16N2O. The molecule has 0 unspecified atom stereocenters. The SMILES string of the molecule is Cc1c(C#N)c2n(c1C)CCC(C)(C)C2=O. The van der Waals surface area contributed by atoms with E-state index < -0.39 is 0 Å². The molecule has 2 rings (SSSR count). The Kier molecular flexibility index (Phi) is 2.20. The van der Waals surface area contributed by atoms with Gasteiger partial charge in [0.15, 0.2) is 5.78 Å². The van der Waals surface area contributed by atoms with E-state index in [0.29, 0.717) is 11.3 Å². The van der Waals surface area contributed by atoms with Crippen LogP contribution in [0, 0.1) is 30.6 Å². The predicted octanol–water partition coefficient (Wildman–Crippen LogP) is 2.59. The van der Waals surface area contributed by atoms with Crippen molar-refractivity contribution >= 4 is 5.78 Å². The molecule has 0 radical (unpaired) electrons. The summed E-state index contributed by atoms with van der Waals surface area (Å²) in [6.45, 7) is 8.64. The van der Waals surface area contributed by atoms with Gasteiger partial charge in [0.2, 0.25) is 0 Å². The Balaban J connectivity index is 2.74. The molecule has 2 heterocycles. The van der Waals surface area contributed by atoms with Crippen LogP contribution < -0.4 is 0 Å². The molecule has 0 atom stereocenters. The van der Waals surface area contributed by atoms with Gasteiger partial charge in [0.1, 0.15) is 11.8 Å². The number of rotatable bonds is 0. The third-order valence-electron chi connectivity index (χ3n) is 3.73. The quantitative estimate of drug-likeness (QED) is 0.669. The number of nitriles is 1. The van der Waals surface area contributed by atoms with Crippen LogP contribution in [0.4, 0.5) is 0 Å². The summed E-state index contributed by atoms with van der Waals surface area (Å²) in [6.07, 6.45) is 0.846. The number of nitrogens with zero attached hydrogens (tertiary/aromatic N) is 2. The van der Waals surface area contributed by atoms with Gasteiger partial charge in [-0.25, -0.2) is 0 Å². The van der Waals surface area contributed by atoms with Crippen molar-refractivity contribution in [1.29, 1.82) is 5.26 Å². The highest BCUT2D eigenvalue weighted by molar-refractivity contribution is 6.02. The van der Waals surface area contributed by atoms with Gasteiger partial charge in [-0.3, -0.25) is 4.79 Å². The van der Waals surface area contributed by atoms with Gasteiger partial charge in [-0.15, -0.1) is 0 Å². The predicted molar refractivity (Wildman–Crippen MR) is 61.3 cm³/mol. The van der Waals surface area contributed by atoms with Crippen LogP contribution in [0.2, 0.25) is 0 Å². The minimum Gasteiger partial charge on any atom is -0.341 e. The second kappa shape index (κ2) is 3.21.